The molecule has 0 aliphatic carbocycles. The van der Waals surface area contributed by atoms with E-state index in [1.54, 1.807) is 36.4 Å². The minimum atomic E-state index is -3.67. The van der Waals surface area contributed by atoms with Gasteiger partial charge in [-0.25, -0.2) is 8.42 Å². The first-order valence-electron chi connectivity index (χ1n) is 9.90. The first kappa shape index (κ1) is 23.5. The zero-order valence-corrected chi connectivity index (χ0v) is 19.0. The summed E-state index contributed by atoms with van der Waals surface area (Å²) in [5, 5.41) is 5.81. The van der Waals surface area contributed by atoms with Crippen molar-refractivity contribution in [1.82, 2.24) is 9.62 Å². The van der Waals surface area contributed by atoms with E-state index >= 15 is 0 Å². The van der Waals surface area contributed by atoms with E-state index in [1.807, 2.05) is 0 Å². The summed E-state index contributed by atoms with van der Waals surface area (Å²) in [6.07, 6.45) is 2.76. The predicted octanol–water partition coefficient (Wildman–Crippen LogP) is 3.68. The van der Waals surface area contributed by atoms with Gasteiger partial charge in [0, 0.05) is 24.2 Å². The van der Waals surface area contributed by atoms with Gasteiger partial charge in [0.15, 0.2) is 0 Å². The lowest BCUT2D eigenvalue weighted by Gasteiger charge is -2.34. The average molecular weight is 484 g/mol. The summed E-state index contributed by atoms with van der Waals surface area (Å²) in [6.45, 7) is 0.586. The Balaban J connectivity index is 1.58. The maximum absolute atomic E-state index is 13.1. The van der Waals surface area contributed by atoms with Crippen molar-refractivity contribution in [1.29, 1.82) is 0 Å². The number of amides is 2. The number of carbonyl (C=O) groups is 2. The summed E-state index contributed by atoms with van der Waals surface area (Å²) in [7, 11) is -3.67. The quantitative estimate of drug-likeness (QED) is 0.612. The Bertz CT molecular complexity index is 1040. The van der Waals surface area contributed by atoms with Gasteiger partial charge in [-0.15, -0.1) is 0 Å². The molecule has 1 fully saturated rings. The monoisotopic (exact) mass is 483 g/mol. The predicted molar refractivity (Wildman–Crippen MR) is 121 cm³/mol. The zero-order chi connectivity index (χ0) is 22.4. The zero-order valence-electron chi connectivity index (χ0n) is 16.7. The molecule has 0 bridgehead atoms. The Morgan fingerprint density at radius 3 is 2.42 bits per heavy atom. The summed E-state index contributed by atoms with van der Waals surface area (Å²) in [5.74, 6) is -1.63. The highest BCUT2D eigenvalue weighted by Crippen LogP contribution is 2.27. The van der Waals surface area contributed by atoms with Gasteiger partial charge >= 0.3 is 11.8 Å². The lowest BCUT2D eigenvalue weighted by atomic mass is 10.0. The number of hydrogen-bond donors (Lipinski definition) is 2. The van der Waals surface area contributed by atoms with Gasteiger partial charge in [-0.1, -0.05) is 41.8 Å². The Morgan fingerprint density at radius 2 is 1.71 bits per heavy atom. The molecule has 3 rings (SSSR count). The van der Waals surface area contributed by atoms with Crippen LogP contribution in [-0.4, -0.2) is 43.7 Å². The van der Waals surface area contributed by atoms with E-state index in [2.05, 4.69) is 10.6 Å². The van der Waals surface area contributed by atoms with Gasteiger partial charge < -0.3 is 10.6 Å². The van der Waals surface area contributed by atoms with Crippen LogP contribution in [0, 0.1) is 0 Å². The number of piperidine rings is 1. The third-order valence-electron chi connectivity index (χ3n) is 5.08. The molecule has 0 spiro atoms. The van der Waals surface area contributed by atoms with Gasteiger partial charge in [-0.2, -0.15) is 4.31 Å². The van der Waals surface area contributed by atoms with Crippen molar-refractivity contribution in [2.75, 3.05) is 18.4 Å². The second-order valence-electron chi connectivity index (χ2n) is 7.20. The molecule has 0 radical (unpaired) electrons. The van der Waals surface area contributed by atoms with E-state index in [1.165, 1.54) is 16.4 Å². The number of carbonyl (C=O) groups excluding carboxylic acids is 2. The number of benzene rings is 2. The number of para-hydroxylation sites is 1. The fourth-order valence-corrected chi connectivity index (χ4v) is 5.53. The topological polar surface area (TPSA) is 95.6 Å². The molecule has 1 saturated heterocycles. The second-order valence-corrected chi connectivity index (χ2v) is 9.93. The molecule has 166 valence electrons. The van der Waals surface area contributed by atoms with Gasteiger partial charge in [-0.3, -0.25) is 9.59 Å². The molecule has 2 aromatic rings. The number of nitrogens with one attached hydrogen (secondary N) is 2. The molecule has 0 saturated carbocycles. The minimum Gasteiger partial charge on any atom is -0.348 e. The maximum Gasteiger partial charge on any atom is 0.313 e. The summed E-state index contributed by atoms with van der Waals surface area (Å²) in [6, 6.07) is 12.4. The van der Waals surface area contributed by atoms with Crippen LogP contribution in [0.15, 0.2) is 53.4 Å². The van der Waals surface area contributed by atoms with Gasteiger partial charge in [0.1, 0.15) is 0 Å². The Labute approximate surface area is 191 Å². The van der Waals surface area contributed by atoms with Gasteiger partial charge in [-0.05, 0) is 55.7 Å². The van der Waals surface area contributed by atoms with E-state index in [0.717, 1.165) is 12.8 Å². The number of hydrogen-bond acceptors (Lipinski definition) is 4. The fourth-order valence-electron chi connectivity index (χ4n) is 3.50. The number of nitrogens with zero attached hydrogens (tertiary/aromatic N) is 1. The van der Waals surface area contributed by atoms with Crippen molar-refractivity contribution in [2.24, 2.45) is 0 Å². The average Bonchev–Trinajstić information content (AvgIpc) is 2.76. The van der Waals surface area contributed by atoms with Crippen LogP contribution < -0.4 is 10.6 Å². The number of sulfonamides is 1. The van der Waals surface area contributed by atoms with Gasteiger partial charge in [0.05, 0.1) is 15.6 Å². The maximum atomic E-state index is 13.1. The fraction of sp³-hybridized carbons (Fsp3) is 0.333. The molecule has 2 amide bonds. The molecule has 2 N–H and O–H groups in total. The number of rotatable bonds is 6. The van der Waals surface area contributed by atoms with E-state index < -0.39 is 21.8 Å². The van der Waals surface area contributed by atoms with Gasteiger partial charge in [0.2, 0.25) is 10.0 Å². The van der Waals surface area contributed by atoms with E-state index in [0.29, 0.717) is 35.1 Å². The van der Waals surface area contributed by atoms with Crippen molar-refractivity contribution < 1.29 is 18.0 Å². The smallest absolute Gasteiger partial charge is 0.313 e. The Kier molecular flexibility index (Phi) is 7.94. The molecule has 0 aromatic heterocycles. The minimum absolute atomic E-state index is 0.173. The number of anilines is 1. The van der Waals surface area contributed by atoms with Gasteiger partial charge in [0.25, 0.3) is 0 Å². The third-order valence-corrected chi connectivity index (χ3v) is 7.63. The molecule has 2 aromatic carbocycles. The van der Waals surface area contributed by atoms with Crippen molar-refractivity contribution in [3.63, 3.8) is 0 Å². The Hall–Kier alpha value is -2.13. The van der Waals surface area contributed by atoms with Crippen LogP contribution in [0.5, 0.6) is 0 Å². The molecule has 0 unspecified atom stereocenters. The highest BCUT2D eigenvalue weighted by molar-refractivity contribution is 7.89. The van der Waals surface area contributed by atoms with E-state index in [-0.39, 0.29) is 17.5 Å². The highest BCUT2D eigenvalue weighted by Gasteiger charge is 2.33. The van der Waals surface area contributed by atoms with E-state index in [9.17, 15) is 18.0 Å². The molecule has 1 atom stereocenters. The van der Waals surface area contributed by atoms with Crippen LogP contribution in [-0.2, 0) is 19.6 Å². The number of halogens is 2. The molecule has 7 nitrogen and oxygen atoms in total. The molecule has 1 heterocycles. The summed E-state index contributed by atoms with van der Waals surface area (Å²) in [5.41, 5.74) is 0.344. The normalized spacial score (nSPS) is 17.2. The molecular weight excluding hydrogens is 461 g/mol. The van der Waals surface area contributed by atoms with Crippen LogP contribution in [0.4, 0.5) is 5.69 Å². The first-order chi connectivity index (χ1) is 14.8. The van der Waals surface area contributed by atoms with Crippen molar-refractivity contribution in [2.45, 2.75) is 36.6 Å². The lowest BCUT2D eigenvalue weighted by molar-refractivity contribution is -0.136. The molecular formula is C21H23Cl2N3O4S. The molecule has 31 heavy (non-hydrogen) atoms. The van der Waals surface area contributed by atoms with Crippen LogP contribution in [0.2, 0.25) is 10.0 Å². The highest BCUT2D eigenvalue weighted by atomic mass is 35.5. The van der Waals surface area contributed by atoms with Crippen LogP contribution in [0.25, 0.3) is 0 Å². The molecule has 1 aliphatic heterocycles. The SMILES string of the molecule is O=C(NCC[C@H]1CCCCN1S(=O)(=O)c1ccc(Cl)cc1)C(=O)Nc1ccccc1Cl. The second kappa shape index (κ2) is 10.5. The first-order valence-corrected chi connectivity index (χ1v) is 12.1. The van der Waals surface area contributed by atoms with Crippen molar-refractivity contribution >= 4 is 50.7 Å². The van der Waals surface area contributed by atoms with Crippen molar-refractivity contribution in [3.05, 3.63) is 58.6 Å². The third kappa shape index (κ3) is 5.98. The van der Waals surface area contributed by atoms with Crippen molar-refractivity contribution in [3.8, 4) is 0 Å². The largest absolute Gasteiger partial charge is 0.348 e. The van der Waals surface area contributed by atoms with Crippen LogP contribution >= 0.6 is 23.2 Å². The summed E-state index contributed by atoms with van der Waals surface area (Å²) >= 11 is 11.9. The van der Waals surface area contributed by atoms with E-state index in [4.69, 9.17) is 23.2 Å². The van der Waals surface area contributed by atoms with Crippen LogP contribution in [0.3, 0.4) is 0 Å². The van der Waals surface area contributed by atoms with Crippen LogP contribution in [0.1, 0.15) is 25.7 Å². The standard InChI is InChI=1S/C21H23Cl2N3O4S/c22-15-8-10-17(11-9-15)31(29,30)26-14-4-3-5-16(26)12-13-24-20(27)21(28)25-19-7-2-1-6-18(19)23/h1-2,6-11,16H,3-5,12-14H2,(H,24,27)(H,25,28)/t16-/m1/s1. The molecule has 10 heteroatoms. The Morgan fingerprint density at radius 1 is 1.00 bits per heavy atom. The summed E-state index contributed by atoms with van der Waals surface area (Å²) < 4.78 is 27.6. The lowest BCUT2D eigenvalue weighted by Crippen LogP contribution is -2.45. The molecule has 1 aliphatic rings. The summed E-state index contributed by atoms with van der Waals surface area (Å²) in [4.78, 5) is 24.4.